The zero-order valence-electron chi connectivity index (χ0n) is 10.4. The van der Waals surface area contributed by atoms with E-state index in [4.69, 9.17) is 4.55 Å². The van der Waals surface area contributed by atoms with Crippen molar-refractivity contribution in [3.63, 3.8) is 0 Å². The van der Waals surface area contributed by atoms with E-state index < -0.39 is 50.0 Å². The van der Waals surface area contributed by atoms with Crippen LogP contribution in [0.1, 0.15) is 11.1 Å². The Morgan fingerprint density at radius 3 is 2.05 bits per heavy atom. The Kier molecular flexibility index (Phi) is 4.23. The first-order valence-electron chi connectivity index (χ1n) is 5.09. The standard InChI is InChI=1S/C10H8F6O4S/c1-4-3-6(11)5(2)8(7(4)12)20-9(13,14)10(15,16)21(17,18)19/h3H,1-2H3,(H,17,18,19). The van der Waals surface area contributed by atoms with E-state index >= 15 is 0 Å². The van der Waals surface area contributed by atoms with E-state index in [1.165, 1.54) is 0 Å². The van der Waals surface area contributed by atoms with Crippen molar-refractivity contribution in [1.82, 2.24) is 0 Å². The minimum absolute atomic E-state index is 0.529. The predicted octanol–water partition coefficient (Wildman–Crippen LogP) is 3.03. The van der Waals surface area contributed by atoms with Crippen molar-refractivity contribution in [1.29, 1.82) is 0 Å². The Labute approximate surface area is 115 Å². The number of hydrogen-bond donors (Lipinski definition) is 1. The fourth-order valence-corrected chi connectivity index (χ4v) is 1.61. The van der Waals surface area contributed by atoms with Gasteiger partial charge in [-0.15, -0.1) is 0 Å². The number of alkyl halides is 4. The summed E-state index contributed by atoms with van der Waals surface area (Å²) in [5.74, 6) is -4.38. The summed E-state index contributed by atoms with van der Waals surface area (Å²) in [5.41, 5.74) is -1.40. The van der Waals surface area contributed by atoms with Crippen LogP contribution in [0.4, 0.5) is 26.3 Å². The molecule has 1 rings (SSSR count). The minimum Gasteiger partial charge on any atom is -0.424 e. The normalized spacial score (nSPS) is 13.4. The van der Waals surface area contributed by atoms with Crippen molar-refractivity contribution in [2.45, 2.75) is 25.2 Å². The van der Waals surface area contributed by atoms with Gasteiger partial charge in [0.2, 0.25) is 0 Å². The van der Waals surface area contributed by atoms with Gasteiger partial charge in [-0.05, 0) is 25.5 Å². The van der Waals surface area contributed by atoms with Crippen LogP contribution in [0, 0.1) is 25.5 Å². The second-order valence-corrected chi connectivity index (χ2v) is 5.52. The molecule has 0 saturated heterocycles. The van der Waals surface area contributed by atoms with Crippen LogP contribution in [-0.2, 0) is 10.1 Å². The van der Waals surface area contributed by atoms with Crippen molar-refractivity contribution in [2.24, 2.45) is 0 Å². The van der Waals surface area contributed by atoms with Gasteiger partial charge in [-0.1, -0.05) is 0 Å². The van der Waals surface area contributed by atoms with Crippen LogP contribution in [0.5, 0.6) is 5.75 Å². The van der Waals surface area contributed by atoms with Gasteiger partial charge in [0.1, 0.15) is 5.82 Å². The van der Waals surface area contributed by atoms with Crippen molar-refractivity contribution in [3.8, 4) is 5.75 Å². The second-order valence-electron chi connectivity index (χ2n) is 4.05. The van der Waals surface area contributed by atoms with Crippen molar-refractivity contribution in [3.05, 3.63) is 28.8 Å². The average Bonchev–Trinajstić information content (AvgIpc) is 2.30. The quantitative estimate of drug-likeness (QED) is 0.677. The van der Waals surface area contributed by atoms with Crippen LogP contribution in [0.15, 0.2) is 6.07 Å². The van der Waals surface area contributed by atoms with Gasteiger partial charge in [0.15, 0.2) is 11.6 Å². The largest absolute Gasteiger partial charge is 0.483 e. The van der Waals surface area contributed by atoms with Gasteiger partial charge in [-0.2, -0.15) is 26.0 Å². The lowest BCUT2D eigenvalue weighted by molar-refractivity contribution is -0.275. The molecule has 11 heteroatoms. The van der Waals surface area contributed by atoms with E-state index in [9.17, 15) is 34.8 Å². The van der Waals surface area contributed by atoms with Gasteiger partial charge in [0.25, 0.3) is 0 Å². The molecule has 0 amide bonds. The molecule has 0 heterocycles. The Morgan fingerprint density at radius 1 is 1.14 bits per heavy atom. The molecular weight excluding hydrogens is 330 g/mol. The number of benzene rings is 1. The molecule has 0 bridgehead atoms. The van der Waals surface area contributed by atoms with Crippen molar-refractivity contribution >= 4 is 10.1 Å². The molecule has 21 heavy (non-hydrogen) atoms. The smallest absolute Gasteiger partial charge is 0.424 e. The molecule has 0 aromatic heterocycles. The van der Waals surface area contributed by atoms with Gasteiger partial charge in [0, 0.05) is 5.56 Å². The molecule has 0 atom stereocenters. The number of hydrogen-bond acceptors (Lipinski definition) is 3. The van der Waals surface area contributed by atoms with E-state index in [1.54, 1.807) is 0 Å². The third-order valence-electron chi connectivity index (χ3n) is 2.48. The SMILES string of the molecule is Cc1cc(F)c(C)c(OC(F)(F)C(F)(F)S(=O)(=O)O)c1F. The first-order chi connectivity index (χ1) is 9.22. The van der Waals surface area contributed by atoms with Gasteiger partial charge in [0.05, 0.1) is 0 Å². The molecule has 1 aromatic carbocycles. The van der Waals surface area contributed by atoms with Crippen LogP contribution < -0.4 is 4.74 Å². The number of aryl methyl sites for hydroxylation is 1. The second kappa shape index (κ2) is 5.05. The Balaban J connectivity index is 3.41. The Bertz CT molecular complexity index is 644. The zero-order chi connectivity index (χ0) is 16.8. The summed E-state index contributed by atoms with van der Waals surface area (Å²) in [5, 5.41) is -6.06. The molecule has 0 aliphatic rings. The minimum atomic E-state index is -6.55. The maximum atomic E-state index is 13.6. The van der Waals surface area contributed by atoms with Crippen LogP contribution in [0.25, 0.3) is 0 Å². The Hall–Kier alpha value is -1.49. The lowest BCUT2D eigenvalue weighted by atomic mass is 10.1. The lowest BCUT2D eigenvalue weighted by Crippen LogP contribution is -2.50. The fourth-order valence-electron chi connectivity index (χ4n) is 1.27. The van der Waals surface area contributed by atoms with Crippen LogP contribution in [0.2, 0.25) is 0 Å². The molecule has 4 nitrogen and oxygen atoms in total. The molecule has 0 spiro atoms. The molecule has 0 fully saturated rings. The summed E-state index contributed by atoms with van der Waals surface area (Å²) in [7, 11) is -6.55. The first kappa shape index (κ1) is 17.6. The van der Waals surface area contributed by atoms with E-state index in [2.05, 4.69) is 4.74 Å². The summed E-state index contributed by atoms with van der Waals surface area (Å²) in [6.45, 7) is 1.71. The topological polar surface area (TPSA) is 63.6 Å². The molecule has 1 N–H and O–H groups in total. The highest BCUT2D eigenvalue weighted by molar-refractivity contribution is 7.86. The molecule has 0 aliphatic heterocycles. The predicted molar refractivity (Wildman–Crippen MR) is 57.9 cm³/mol. The highest BCUT2D eigenvalue weighted by Crippen LogP contribution is 2.41. The summed E-state index contributed by atoms with van der Waals surface area (Å²) < 4.78 is 111. The third-order valence-corrected chi connectivity index (χ3v) is 3.37. The van der Waals surface area contributed by atoms with Crippen LogP contribution in [0.3, 0.4) is 0 Å². The van der Waals surface area contributed by atoms with Gasteiger partial charge < -0.3 is 4.74 Å². The fraction of sp³-hybridized carbons (Fsp3) is 0.400. The molecule has 0 aliphatic carbocycles. The molecule has 0 radical (unpaired) electrons. The van der Waals surface area contributed by atoms with Gasteiger partial charge >= 0.3 is 21.5 Å². The zero-order valence-corrected chi connectivity index (χ0v) is 11.2. The maximum absolute atomic E-state index is 13.6. The molecular formula is C10H8F6O4S. The molecule has 120 valence electrons. The highest BCUT2D eigenvalue weighted by atomic mass is 32.2. The summed E-state index contributed by atoms with van der Waals surface area (Å²) in [6, 6.07) is 0.608. The van der Waals surface area contributed by atoms with Crippen molar-refractivity contribution < 1.29 is 44.0 Å². The number of halogens is 6. The maximum Gasteiger partial charge on any atom is 0.483 e. The van der Waals surface area contributed by atoms with E-state index in [0.29, 0.717) is 6.07 Å². The summed E-state index contributed by atoms with van der Waals surface area (Å²) >= 11 is 0. The molecule has 0 saturated carbocycles. The van der Waals surface area contributed by atoms with E-state index in [-0.39, 0.29) is 0 Å². The Morgan fingerprint density at radius 2 is 1.62 bits per heavy atom. The molecule has 1 aromatic rings. The first-order valence-corrected chi connectivity index (χ1v) is 6.53. The average molecular weight is 338 g/mol. The van der Waals surface area contributed by atoms with Gasteiger partial charge in [-0.3, -0.25) is 4.55 Å². The lowest BCUT2D eigenvalue weighted by Gasteiger charge is -2.25. The van der Waals surface area contributed by atoms with Crippen molar-refractivity contribution in [2.75, 3.05) is 0 Å². The van der Waals surface area contributed by atoms with Gasteiger partial charge in [-0.25, -0.2) is 8.78 Å². The molecule has 0 unspecified atom stereocenters. The summed E-state index contributed by atoms with van der Waals surface area (Å²) in [4.78, 5) is 0. The number of ether oxygens (including phenoxy) is 1. The van der Waals surface area contributed by atoms with E-state index in [0.717, 1.165) is 13.8 Å². The number of rotatable bonds is 4. The van der Waals surface area contributed by atoms with E-state index in [1.807, 2.05) is 0 Å². The monoisotopic (exact) mass is 338 g/mol. The van der Waals surface area contributed by atoms with Crippen LogP contribution >= 0.6 is 0 Å². The third kappa shape index (κ3) is 2.93. The summed E-state index contributed by atoms with van der Waals surface area (Å²) in [6.07, 6.45) is -5.83. The highest BCUT2D eigenvalue weighted by Gasteiger charge is 2.69. The van der Waals surface area contributed by atoms with Crippen LogP contribution in [-0.4, -0.2) is 24.3 Å².